The molecule has 0 radical (unpaired) electrons. The van der Waals surface area contributed by atoms with Gasteiger partial charge >= 0.3 is 5.69 Å². The molecular formula is C13H11ClN4O3. The van der Waals surface area contributed by atoms with Crippen molar-refractivity contribution in [1.29, 1.82) is 0 Å². The number of rotatable bonds is 4. The van der Waals surface area contributed by atoms with Crippen LogP contribution in [0.2, 0.25) is 5.28 Å². The number of halogens is 1. The molecule has 1 unspecified atom stereocenters. The third-order valence-corrected chi connectivity index (χ3v) is 3.33. The summed E-state index contributed by atoms with van der Waals surface area (Å²) in [7, 11) is 0. The molecule has 1 aliphatic heterocycles. The number of ether oxygens (including phenoxy) is 1. The molecule has 1 N–H and O–H groups in total. The van der Waals surface area contributed by atoms with Gasteiger partial charge < -0.3 is 10.1 Å². The van der Waals surface area contributed by atoms with Gasteiger partial charge in [0.1, 0.15) is 18.1 Å². The minimum Gasteiger partial charge on any atom is -0.488 e. The van der Waals surface area contributed by atoms with Crippen LogP contribution in [0, 0.1) is 10.1 Å². The molecule has 0 spiro atoms. The zero-order valence-electron chi connectivity index (χ0n) is 10.8. The fourth-order valence-corrected chi connectivity index (χ4v) is 2.33. The Hall–Kier alpha value is -2.41. The first kappa shape index (κ1) is 13.6. The van der Waals surface area contributed by atoms with Gasteiger partial charge in [0.15, 0.2) is 0 Å². The first-order valence-electron chi connectivity index (χ1n) is 6.29. The van der Waals surface area contributed by atoms with Crippen LogP contribution in [0.25, 0.3) is 0 Å². The molecule has 1 aliphatic rings. The number of anilines is 1. The molecule has 0 saturated heterocycles. The topological polar surface area (TPSA) is 90.2 Å². The van der Waals surface area contributed by atoms with Crippen LogP contribution in [0.3, 0.4) is 0 Å². The van der Waals surface area contributed by atoms with E-state index in [1.165, 1.54) is 0 Å². The number of nitrogens with zero attached hydrogens (tertiary/aromatic N) is 3. The molecule has 2 aromatic rings. The molecule has 0 amide bonds. The van der Waals surface area contributed by atoms with Crippen molar-refractivity contribution in [1.82, 2.24) is 9.97 Å². The second kappa shape index (κ2) is 5.53. The summed E-state index contributed by atoms with van der Waals surface area (Å²) < 4.78 is 5.75. The summed E-state index contributed by atoms with van der Waals surface area (Å²) in [5, 5.41) is 13.8. The molecule has 8 heteroatoms. The molecule has 0 fully saturated rings. The number of nitro groups is 1. The molecule has 21 heavy (non-hydrogen) atoms. The van der Waals surface area contributed by atoms with Crippen molar-refractivity contribution >= 4 is 23.1 Å². The zero-order valence-corrected chi connectivity index (χ0v) is 11.6. The maximum atomic E-state index is 10.9. The van der Waals surface area contributed by atoms with E-state index >= 15 is 0 Å². The Morgan fingerprint density at radius 2 is 2.29 bits per heavy atom. The van der Waals surface area contributed by atoms with E-state index in [4.69, 9.17) is 16.3 Å². The Bertz CT molecular complexity index is 670. The van der Waals surface area contributed by atoms with Crippen molar-refractivity contribution < 1.29 is 9.66 Å². The molecule has 3 rings (SSSR count). The second-order valence-corrected chi connectivity index (χ2v) is 4.90. The van der Waals surface area contributed by atoms with Crippen molar-refractivity contribution in [2.24, 2.45) is 0 Å². The second-order valence-electron chi connectivity index (χ2n) is 4.56. The number of hydrogen-bond acceptors (Lipinski definition) is 6. The molecule has 0 aliphatic carbocycles. The van der Waals surface area contributed by atoms with Gasteiger partial charge in [-0.1, -0.05) is 18.2 Å². The number of hydrogen-bond donors (Lipinski definition) is 1. The van der Waals surface area contributed by atoms with Gasteiger partial charge in [-0.15, -0.1) is 0 Å². The lowest BCUT2D eigenvalue weighted by molar-refractivity contribution is -0.384. The zero-order chi connectivity index (χ0) is 14.8. The van der Waals surface area contributed by atoms with Gasteiger partial charge in [-0.05, 0) is 23.2 Å². The van der Waals surface area contributed by atoms with Crippen LogP contribution < -0.4 is 10.1 Å². The number of benzene rings is 1. The quantitative estimate of drug-likeness (QED) is 0.530. The number of aromatic nitrogens is 2. The molecule has 1 atom stereocenters. The predicted molar refractivity (Wildman–Crippen MR) is 76.7 cm³/mol. The van der Waals surface area contributed by atoms with E-state index < -0.39 is 4.92 Å². The van der Waals surface area contributed by atoms with Gasteiger partial charge in [-0.2, -0.15) is 4.98 Å². The van der Waals surface area contributed by atoms with Gasteiger partial charge in [-0.3, -0.25) is 10.1 Å². The van der Waals surface area contributed by atoms with Gasteiger partial charge in [0, 0.05) is 6.42 Å². The lowest BCUT2D eigenvalue weighted by Crippen LogP contribution is -2.24. The highest BCUT2D eigenvalue weighted by atomic mass is 35.5. The van der Waals surface area contributed by atoms with Gasteiger partial charge in [0.2, 0.25) is 11.1 Å². The Labute approximate surface area is 125 Å². The van der Waals surface area contributed by atoms with Crippen molar-refractivity contribution in [3.05, 3.63) is 51.4 Å². The Morgan fingerprint density at radius 1 is 1.48 bits per heavy atom. The molecule has 1 aromatic carbocycles. The number of nitrogens with one attached hydrogen (secondary N) is 1. The standard InChI is InChI=1S/C13H11ClN4O3/c14-13-16-7-10(18(19)20)12(17-13)15-6-9-5-8-3-1-2-4-11(8)21-9/h1-4,7,9H,5-6H2,(H,15,16,17). The lowest BCUT2D eigenvalue weighted by atomic mass is 10.1. The smallest absolute Gasteiger partial charge is 0.329 e. The lowest BCUT2D eigenvalue weighted by Gasteiger charge is -2.12. The summed E-state index contributed by atoms with van der Waals surface area (Å²) in [5.74, 6) is 0.944. The van der Waals surface area contributed by atoms with E-state index in [1.807, 2.05) is 24.3 Å². The minimum atomic E-state index is -0.553. The van der Waals surface area contributed by atoms with Crippen LogP contribution in [-0.2, 0) is 6.42 Å². The molecule has 0 bridgehead atoms. The highest BCUT2D eigenvalue weighted by molar-refractivity contribution is 6.28. The van der Waals surface area contributed by atoms with Crippen LogP contribution in [0.4, 0.5) is 11.5 Å². The first-order valence-corrected chi connectivity index (χ1v) is 6.66. The largest absolute Gasteiger partial charge is 0.488 e. The molecular weight excluding hydrogens is 296 g/mol. The van der Waals surface area contributed by atoms with Crippen molar-refractivity contribution in [2.45, 2.75) is 12.5 Å². The normalized spacial score (nSPS) is 16.1. The Balaban J connectivity index is 1.69. The van der Waals surface area contributed by atoms with Crippen molar-refractivity contribution in [2.75, 3.05) is 11.9 Å². The third-order valence-electron chi connectivity index (χ3n) is 3.15. The monoisotopic (exact) mass is 306 g/mol. The van der Waals surface area contributed by atoms with Crippen LogP contribution >= 0.6 is 11.6 Å². The fourth-order valence-electron chi connectivity index (χ4n) is 2.20. The van der Waals surface area contributed by atoms with E-state index in [-0.39, 0.29) is 22.9 Å². The minimum absolute atomic E-state index is 0.0428. The number of para-hydroxylation sites is 1. The first-order chi connectivity index (χ1) is 10.1. The molecule has 7 nitrogen and oxygen atoms in total. The van der Waals surface area contributed by atoms with E-state index in [9.17, 15) is 10.1 Å². The van der Waals surface area contributed by atoms with Crippen LogP contribution in [0.15, 0.2) is 30.5 Å². The number of fused-ring (bicyclic) bond motifs is 1. The summed E-state index contributed by atoms with van der Waals surface area (Å²) in [6, 6.07) is 7.76. The van der Waals surface area contributed by atoms with E-state index in [2.05, 4.69) is 15.3 Å². The molecule has 0 saturated carbocycles. The van der Waals surface area contributed by atoms with Crippen LogP contribution in [0.5, 0.6) is 5.75 Å². The molecule has 108 valence electrons. The Kier molecular flexibility index (Phi) is 3.57. The van der Waals surface area contributed by atoms with Crippen molar-refractivity contribution in [3.8, 4) is 5.75 Å². The maximum absolute atomic E-state index is 10.9. The molecule has 1 aromatic heterocycles. The molecule has 2 heterocycles. The van der Waals surface area contributed by atoms with Gasteiger partial charge in [-0.25, -0.2) is 4.98 Å². The highest BCUT2D eigenvalue weighted by Gasteiger charge is 2.24. The highest BCUT2D eigenvalue weighted by Crippen LogP contribution is 2.29. The van der Waals surface area contributed by atoms with Crippen LogP contribution in [-0.4, -0.2) is 27.5 Å². The predicted octanol–water partition coefficient (Wildman–Crippen LogP) is 2.45. The summed E-state index contributed by atoms with van der Waals surface area (Å²) in [6.07, 6.45) is 1.73. The summed E-state index contributed by atoms with van der Waals surface area (Å²) in [6.45, 7) is 0.392. The van der Waals surface area contributed by atoms with Crippen molar-refractivity contribution in [3.63, 3.8) is 0 Å². The maximum Gasteiger partial charge on any atom is 0.329 e. The van der Waals surface area contributed by atoms with Gasteiger partial charge in [0.05, 0.1) is 11.5 Å². The van der Waals surface area contributed by atoms with E-state index in [0.29, 0.717) is 6.54 Å². The fraction of sp³-hybridized carbons (Fsp3) is 0.231. The van der Waals surface area contributed by atoms with Gasteiger partial charge in [0.25, 0.3) is 0 Å². The summed E-state index contributed by atoms with van der Waals surface area (Å²) in [5.41, 5.74) is 0.912. The SMILES string of the molecule is O=[N+]([O-])c1cnc(Cl)nc1NCC1Cc2ccccc2O1. The van der Waals surface area contributed by atoms with Crippen LogP contribution in [0.1, 0.15) is 5.56 Å². The average Bonchev–Trinajstić information content (AvgIpc) is 2.87. The third kappa shape index (κ3) is 2.87. The Morgan fingerprint density at radius 3 is 3.05 bits per heavy atom. The van der Waals surface area contributed by atoms with E-state index in [0.717, 1.165) is 23.9 Å². The summed E-state index contributed by atoms with van der Waals surface area (Å²) in [4.78, 5) is 17.8. The summed E-state index contributed by atoms with van der Waals surface area (Å²) >= 11 is 5.67. The average molecular weight is 307 g/mol. The van der Waals surface area contributed by atoms with E-state index in [1.54, 1.807) is 0 Å².